The fourth-order valence-corrected chi connectivity index (χ4v) is 3.48. The van der Waals surface area contributed by atoms with Crippen molar-refractivity contribution < 1.29 is 9.53 Å². The summed E-state index contributed by atoms with van der Waals surface area (Å²) in [6.07, 6.45) is 2.37. The first-order chi connectivity index (χ1) is 11.7. The van der Waals surface area contributed by atoms with Crippen LogP contribution in [0.15, 0.2) is 23.2 Å². The lowest BCUT2D eigenvalue weighted by Gasteiger charge is -2.29. The normalized spacial score (nSPS) is 14.2. The second-order valence-electron chi connectivity index (χ2n) is 5.88. The standard InChI is InChI=1S/C17H22N4O2S/c1-3-23-17-14-9-21(6-4-15(14)18-12-19-17)10-16(22)20(2)8-13-5-7-24-11-13/h5,7,11-12H,3-4,6,8-10H2,1-2H3. The fourth-order valence-electron chi connectivity index (χ4n) is 2.82. The van der Waals surface area contributed by atoms with Gasteiger partial charge in [0, 0.05) is 38.7 Å². The predicted molar refractivity (Wildman–Crippen MR) is 93.0 cm³/mol. The fraction of sp³-hybridized carbons (Fsp3) is 0.471. The molecule has 1 aliphatic rings. The summed E-state index contributed by atoms with van der Waals surface area (Å²) in [6, 6.07) is 2.05. The van der Waals surface area contributed by atoms with Gasteiger partial charge in [-0.25, -0.2) is 9.97 Å². The summed E-state index contributed by atoms with van der Waals surface area (Å²) in [5.74, 6) is 0.769. The second-order valence-corrected chi connectivity index (χ2v) is 6.66. The number of likely N-dealkylation sites (N-methyl/N-ethyl adjacent to an activating group) is 1. The van der Waals surface area contributed by atoms with Crippen LogP contribution in [0, 0.1) is 0 Å². The van der Waals surface area contributed by atoms with Crippen LogP contribution in [0.5, 0.6) is 5.88 Å². The van der Waals surface area contributed by atoms with Crippen LogP contribution in [0.3, 0.4) is 0 Å². The van der Waals surface area contributed by atoms with E-state index in [1.54, 1.807) is 22.6 Å². The van der Waals surface area contributed by atoms with Crippen LogP contribution in [0.4, 0.5) is 0 Å². The summed E-state index contributed by atoms with van der Waals surface area (Å²) in [5.41, 5.74) is 3.22. The minimum Gasteiger partial charge on any atom is -0.478 e. The van der Waals surface area contributed by atoms with Crippen molar-refractivity contribution in [1.82, 2.24) is 19.8 Å². The van der Waals surface area contributed by atoms with E-state index < -0.39 is 0 Å². The number of thiophene rings is 1. The summed E-state index contributed by atoms with van der Waals surface area (Å²) in [6.45, 7) is 5.06. The van der Waals surface area contributed by atoms with Gasteiger partial charge in [-0.15, -0.1) is 0 Å². The molecule has 0 N–H and O–H groups in total. The smallest absolute Gasteiger partial charge is 0.236 e. The molecule has 3 rings (SSSR count). The minimum absolute atomic E-state index is 0.124. The Morgan fingerprint density at radius 2 is 2.33 bits per heavy atom. The largest absolute Gasteiger partial charge is 0.478 e. The number of ether oxygens (including phenoxy) is 1. The van der Waals surface area contributed by atoms with Crippen LogP contribution in [-0.2, 0) is 24.3 Å². The number of aromatic nitrogens is 2. The number of hydrogen-bond donors (Lipinski definition) is 0. The number of hydrogen-bond acceptors (Lipinski definition) is 6. The minimum atomic E-state index is 0.124. The Balaban J connectivity index is 1.62. The van der Waals surface area contributed by atoms with Gasteiger partial charge in [0.15, 0.2) is 0 Å². The Hall–Kier alpha value is -1.99. The Bertz CT molecular complexity index is 690. The van der Waals surface area contributed by atoms with Crippen molar-refractivity contribution >= 4 is 17.2 Å². The summed E-state index contributed by atoms with van der Waals surface area (Å²) in [7, 11) is 1.85. The zero-order valence-electron chi connectivity index (χ0n) is 14.1. The third-order valence-corrected chi connectivity index (χ3v) is 4.84. The zero-order valence-corrected chi connectivity index (χ0v) is 14.9. The van der Waals surface area contributed by atoms with Gasteiger partial charge in [0.05, 0.1) is 18.8 Å². The zero-order chi connectivity index (χ0) is 16.9. The maximum Gasteiger partial charge on any atom is 0.236 e. The van der Waals surface area contributed by atoms with Gasteiger partial charge < -0.3 is 9.64 Å². The average molecular weight is 346 g/mol. The molecule has 0 bridgehead atoms. The SMILES string of the molecule is CCOc1ncnc2c1CN(CC(=O)N(C)Cc1ccsc1)CC2. The lowest BCUT2D eigenvalue weighted by Crippen LogP contribution is -2.40. The van der Waals surface area contributed by atoms with Gasteiger partial charge in [-0.3, -0.25) is 9.69 Å². The Labute approximate surface area is 146 Å². The van der Waals surface area contributed by atoms with E-state index >= 15 is 0 Å². The molecule has 128 valence electrons. The number of nitrogens with zero attached hydrogens (tertiary/aromatic N) is 4. The number of carbonyl (C=O) groups excluding carboxylic acids is 1. The van der Waals surface area contributed by atoms with E-state index in [9.17, 15) is 4.79 Å². The molecule has 0 aromatic carbocycles. The highest BCUT2D eigenvalue weighted by Gasteiger charge is 2.24. The predicted octanol–water partition coefficient (Wildman–Crippen LogP) is 1.95. The Morgan fingerprint density at radius 1 is 1.46 bits per heavy atom. The van der Waals surface area contributed by atoms with Crippen molar-refractivity contribution in [3.05, 3.63) is 40.0 Å². The van der Waals surface area contributed by atoms with E-state index in [-0.39, 0.29) is 5.91 Å². The van der Waals surface area contributed by atoms with Crippen LogP contribution in [-0.4, -0.2) is 52.4 Å². The van der Waals surface area contributed by atoms with E-state index in [2.05, 4.69) is 26.3 Å². The molecule has 2 aromatic heterocycles. The molecule has 0 fully saturated rings. The van der Waals surface area contributed by atoms with Gasteiger partial charge in [-0.1, -0.05) is 0 Å². The molecule has 0 atom stereocenters. The molecule has 0 unspecified atom stereocenters. The molecule has 24 heavy (non-hydrogen) atoms. The van der Waals surface area contributed by atoms with Crippen molar-refractivity contribution in [2.24, 2.45) is 0 Å². The van der Waals surface area contributed by atoms with Gasteiger partial charge in [0.2, 0.25) is 11.8 Å². The van der Waals surface area contributed by atoms with Crippen molar-refractivity contribution in [2.45, 2.75) is 26.4 Å². The number of fused-ring (bicyclic) bond motifs is 1. The molecule has 6 nitrogen and oxygen atoms in total. The number of amides is 1. The third-order valence-electron chi connectivity index (χ3n) is 4.11. The lowest BCUT2D eigenvalue weighted by molar-refractivity contribution is -0.131. The summed E-state index contributed by atoms with van der Waals surface area (Å²) >= 11 is 1.65. The number of carbonyl (C=O) groups is 1. The van der Waals surface area contributed by atoms with Crippen LogP contribution < -0.4 is 4.74 Å². The molecule has 0 spiro atoms. The first-order valence-electron chi connectivity index (χ1n) is 8.10. The average Bonchev–Trinajstić information content (AvgIpc) is 3.08. The molecule has 0 aliphatic carbocycles. The van der Waals surface area contributed by atoms with E-state index in [0.29, 0.717) is 32.1 Å². The molecule has 3 heterocycles. The van der Waals surface area contributed by atoms with Gasteiger partial charge in [-0.2, -0.15) is 11.3 Å². The van der Waals surface area contributed by atoms with E-state index in [4.69, 9.17) is 4.74 Å². The maximum atomic E-state index is 12.5. The lowest BCUT2D eigenvalue weighted by atomic mass is 10.1. The van der Waals surface area contributed by atoms with Crippen molar-refractivity contribution in [3.8, 4) is 5.88 Å². The van der Waals surface area contributed by atoms with Crippen LogP contribution in [0.2, 0.25) is 0 Å². The Morgan fingerprint density at radius 3 is 3.08 bits per heavy atom. The van der Waals surface area contributed by atoms with Gasteiger partial charge in [-0.05, 0) is 29.3 Å². The molecule has 0 saturated carbocycles. The van der Waals surface area contributed by atoms with Crippen LogP contribution >= 0.6 is 11.3 Å². The van der Waals surface area contributed by atoms with Gasteiger partial charge in [0.25, 0.3) is 0 Å². The molecule has 1 aliphatic heterocycles. The van der Waals surface area contributed by atoms with E-state index in [1.807, 2.05) is 19.4 Å². The number of rotatable bonds is 6. The first kappa shape index (κ1) is 16.9. The molecular weight excluding hydrogens is 324 g/mol. The molecule has 0 saturated heterocycles. The molecule has 0 radical (unpaired) electrons. The quantitative estimate of drug-likeness (QED) is 0.800. The monoisotopic (exact) mass is 346 g/mol. The first-order valence-corrected chi connectivity index (χ1v) is 9.04. The van der Waals surface area contributed by atoms with Gasteiger partial charge >= 0.3 is 0 Å². The van der Waals surface area contributed by atoms with Crippen LogP contribution in [0.25, 0.3) is 0 Å². The molecule has 2 aromatic rings. The van der Waals surface area contributed by atoms with Crippen molar-refractivity contribution in [2.75, 3.05) is 26.7 Å². The second kappa shape index (κ2) is 7.72. The van der Waals surface area contributed by atoms with E-state index in [0.717, 1.165) is 24.2 Å². The Kier molecular flexibility index (Phi) is 5.42. The third kappa shape index (κ3) is 3.91. The van der Waals surface area contributed by atoms with Crippen LogP contribution in [0.1, 0.15) is 23.7 Å². The van der Waals surface area contributed by atoms with E-state index in [1.165, 1.54) is 5.56 Å². The summed E-state index contributed by atoms with van der Waals surface area (Å²) in [4.78, 5) is 25.0. The summed E-state index contributed by atoms with van der Waals surface area (Å²) < 4.78 is 5.60. The van der Waals surface area contributed by atoms with Crippen molar-refractivity contribution in [1.29, 1.82) is 0 Å². The molecule has 1 amide bonds. The topological polar surface area (TPSA) is 58.6 Å². The highest BCUT2D eigenvalue weighted by Crippen LogP contribution is 2.24. The highest BCUT2D eigenvalue weighted by molar-refractivity contribution is 7.07. The van der Waals surface area contributed by atoms with Crippen molar-refractivity contribution in [3.63, 3.8) is 0 Å². The van der Waals surface area contributed by atoms with Gasteiger partial charge in [0.1, 0.15) is 6.33 Å². The highest BCUT2D eigenvalue weighted by atomic mass is 32.1. The maximum absolute atomic E-state index is 12.5. The summed E-state index contributed by atoms with van der Waals surface area (Å²) in [5, 5.41) is 4.11. The molecular formula is C17H22N4O2S. The molecule has 7 heteroatoms.